The number of carboxylic acids is 1. The number of amides is 1. The number of hydrogen-bond donors (Lipinski definition) is 1. The van der Waals surface area contributed by atoms with Gasteiger partial charge in [0.25, 0.3) is 5.91 Å². The summed E-state index contributed by atoms with van der Waals surface area (Å²) in [6.45, 7) is 1.39. The second-order valence-electron chi connectivity index (χ2n) is 5.86. The van der Waals surface area contributed by atoms with E-state index < -0.39 is 5.97 Å². The van der Waals surface area contributed by atoms with Crippen molar-refractivity contribution in [1.29, 1.82) is 0 Å². The predicted molar refractivity (Wildman–Crippen MR) is 84.5 cm³/mol. The van der Waals surface area contributed by atoms with Crippen LogP contribution in [0, 0.1) is 0 Å². The smallest absolute Gasteiger partial charge is 0.335 e. The number of aromatic carboxylic acids is 1. The number of aromatic nitrogens is 2. The van der Waals surface area contributed by atoms with Gasteiger partial charge in [0.1, 0.15) is 5.69 Å². The topological polar surface area (TPSA) is 75.4 Å². The second-order valence-corrected chi connectivity index (χ2v) is 5.86. The molecule has 1 fully saturated rings. The van der Waals surface area contributed by atoms with E-state index in [1.54, 1.807) is 36.1 Å². The SMILES string of the molecule is Cn1nccc1C(=O)N1CCCC(c2ccc(C(=O)O)cc2)C1. The Kier molecular flexibility index (Phi) is 4.14. The highest BCUT2D eigenvalue weighted by Crippen LogP contribution is 2.28. The van der Waals surface area contributed by atoms with Gasteiger partial charge >= 0.3 is 5.97 Å². The van der Waals surface area contributed by atoms with Gasteiger partial charge in [0.05, 0.1) is 5.56 Å². The van der Waals surface area contributed by atoms with E-state index in [1.165, 1.54) is 0 Å². The molecule has 23 heavy (non-hydrogen) atoms. The lowest BCUT2D eigenvalue weighted by Gasteiger charge is -2.33. The minimum absolute atomic E-state index is 0.00291. The fraction of sp³-hybridized carbons (Fsp3) is 0.353. The molecule has 1 unspecified atom stereocenters. The molecule has 2 aromatic rings. The van der Waals surface area contributed by atoms with Crippen LogP contribution in [0.1, 0.15) is 45.2 Å². The summed E-state index contributed by atoms with van der Waals surface area (Å²) in [5.74, 6) is -0.686. The Morgan fingerprint density at radius 2 is 1.96 bits per heavy atom. The molecule has 2 heterocycles. The van der Waals surface area contributed by atoms with Gasteiger partial charge in [-0.15, -0.1) is 0 Å². The quantitative estimate of drug-likeness (QED) is 0.942. The van der Waals surface area contributed by atoms with Gasteiger partial charge in [0.2, 0.25) is 0 Å². The molecule has 3 rings (SSSR count). The van der Waals surface area contributed by atoms with E-state index in [1.807, 2.05) is 17.0 Å². The molecule has 0 saturated carbocycles. The minimum Gasteiger partial charge on any atom is -0.478 e. The van der Waals surface area contributed by atoms with Gasteiger partial charge in [0, 0.05) is 32.3 Å². The highest BCUT2D eigenvalue weighted by molar-refractivity contribution is 5.92. The van der Waals surface area contributed by atoms with Crippen LogP contribution in [0.15, 0.2) is 36.5 Å². The summed E-state index contributed by atoms with van der Waals surface area (Å²) in [7, 11) is 1.76. The number of hydrogen-bond acceptors (Lipinski definition) is 3. The molecule has 1 aliphatic rings. The first-order chi connectivity index (χ1) is 11.1. The molecule has 0 aliphatic carbocycles. The molecule has 1 aliphatic heterocycles. The van der Waals surface area contributed by atoms with E-state index in [0.717, 1.165) is 24.9 Å². The summed E-state index contributed by atoms with van der Waals surface area (Å²) < 4.78 is 1.59. The number of nitrogens with zero attached hydrogens (tertiary/aromatic N) is 3. The van der Waals surface area contributed by atoms with E-state index in [0.29, 0.717) is 12.2 Å². The first-order valence-electron chi connectivity index (χ1n) is 7.67. The zero-order valence-corrected chi connectivity index (χ0v) is 13.0. The molecule has 0 radical (unpaired) electrons. The van der Waals surface area contributed by atoms with E-state index in [-0.39, 0.29) is 17.4 Å². The van der Waals surface area contributed by atoms with Crippen molar-refractivity contribution in [3.8, 4) is 0 Å². The highest BCUT2D eigenvalue weighted by atomic mass is 16.4. The van der Waals surface area contributed by atoms with Crippen molar-refractivity contribution in [3.63, 3.8) is 0 Å². The van der Waals surface area contributed by atoms with Gasteiger partial charge < -0.3 is 10.0 Å². The Morgan fingerprint density at radius 1 is 1.22 bits per heavy atom. The van der Waals surface area contributed by atoms with Crippen LogP contribution in [0.4, 0.5) is 0 Å². The molecule has 1 amide bonds. The number of benzene rings is 1. The van der Waals surface area contributed by atoms with Gasteiger partial charge in [-0.05, 0) is 36.6 Å². The molecule has 1 saturated heterocycles. The monoisotopic (exact) mass is 313 g/mol. The molecule has 6 heteroatoms. The average Bonchev–Trinajstić information content (AvgIpc) is 3.00. The van der Waals surface area contributed by atoms with Crippen LogP contribution in [-0.2, 0) is 7.05 Å². The lowest BCUT2D eigenvalue weighted by molar-refractivity contribution is 0.0689. The Balaban J connectivity index is 1.74. The van der Waals surface area contributed by atoms with Crippen LogP contribution in [-0.4, -0.2) is 44.8 Å². The van der Waals surface area contributed by atoms with Crippen molar-refractivity contribution < 1.29 is 14.7 Å². The molecule has 1 aromatic heterocycles. The van der Waals surface area contributed by atoms with E-state index in [9.17, 15) is 9.59 Å². The number of piperidine rings is 1. The summed E-state index contributed by atoms with van der Waals surface area (Å²) in [4.78, 5) is 25.4. The summed E-state index contributed by atoms with van der Waals surface area (Å²) in [5.41, 5.74) is 1.96. The normalized spacial score (nSPS) is 18.0. The fourth-order valence-electron chi connectivity index (χ4n) is 3.08. The molecule has 120 valence electrons. The highest BCUT2D eigenvalue weighted by Gasteiger charge is 2.26. The molecule has 0 spiro atoms. The largest absolute Gasteiger partial charge is 0.478 e. The number of carbonyl (C=O) groups excluding carboxylic acids is 1. The Hall–Kier alpha value is -2.63. The number of aryl methyl sites for hydroxylation is 1. The molecule has 0 bridgehead atoms. The number of likely N-dealkylation sites (tertiary alicyclic amines) is 1. The Labute approximate surface area is 134 Å². The van der Waals surface area contributed by atoms with Crippen LogP contribution >= 0.6 is 0 Å². The lowest BCUT2D eigenvalue weighted by atomic mass is 9.90. The summed E-state index contributed by atoms with van der Waals surface area (Å²) in [6, 6.07) is 8.69. The zero-order valence-electron chi connectivity index (χ0n) is 13.0. The van der Waals surface area contributed by atoms with E-state index >= 15 is 0 Å². The Morgan fingerprint density at radius 3 is 2.57 bits per heavy atom. The van der Waals surface area contributed by atoms with Crippen LogP contribution in [0.3, 0.4) is 0 Å². The molecule has 1 aromatic carbocycles. The maximum atomic E-state index is 12.6. The third-order valence-electron chi connectivity index (χ3n) is 4.38. The number of carboxylic acid groups (broad SMARTS) is 1. The lowest BCUT2D eigenvalue weighted by Crippen LogP contribution is -2.39. The maximum Gasteiger partial charge on any atom is 0.335 e. The van der Waals surface area contributed by atoms with Crippen molar-refractivity contribution in [3.05, 3.63) is 53.3 Å². The molecule has 1 N–H and O–H groups in total. The van der Waals surface area contributed by atoms with Crippen molar-refractivity contribution in [2.45, 2.75) is 18.8 Å². The van der Waals surface area contributed by atoms with Gasteiger partial charge in [-0.1, -0.05) is 12.1 Å². The second kappa shape index (κ2) is 6.24. The first kappa shape index (κ1) is 15.3. The summed E-state index contributed by atoms with van der Waals surface area (Å²) in [6.07, 6.45) is 3.57. The summed E-state index contributed by atoms with van der Waals surface area (Å²) in [5, 5.41) is 13.0. The summed E-state index contributed by atoms with van der Waals surface area (Å²) >= 11 is 0. The van der Waals surface area contributed by atoms with Gasteiger partial charge in [-0.2, -0.15) is 5.10 Å². The van der Waals surface area contributed by atoms with Crippen molar-refractivity contribution >= 4 is 11.9 Å². The van der Waals surface area contributed by atoms with Crippen LogP contribution in [0.25, 0.3) is 0 Å². The van der Waals surface area contributed by atoms with Crippen LogP contribution in [0.2, 0.25) is 0 Å². The van der Waals surface area contributed by atoms with Gasteiger partial charge in [-0.3, -0.25) is 9.48 Å². The van der Waals surface area contributed by atoms with Crippen LogP contribution in [0.5, 0.6) is 0 Å². The molecular formula is C17H19N3O3. The first-order valence-corrected chi connectivity index (χ1v) is 7.67. The van der Waals surface area contributed by atoms with Crippen molar-refractivity contribution in [2.75, 3.05) is 13.1 Å². The molecule has 1 atom stereocenters. The van der Waals surface area contributed by atoms with Gasteiger partial charge in [0.15, 0.2) is 0 Å². The predicted octanol–water partition coefficient (Wildman–Crippen LogP) is 2.14. The number of carbonyl (C=O) groups is 2. The van der Waals surface area contributed by atoms with Crippen molar-refractivity contribution in [1.82, 2.24) is 14.7 Å². The van der Waals surface area contributed by atoms with E-state index in [4.69, 9.17) is 5.11 Å². The minimum atomic E-state index is -0.923. The van der Waals surface area contributed by atoms with E-state index in [2.05, 4.69) is 5.10 Å². The maximum absolute atomic E-state index is 12.6. The Bertz CT molecular complexity index is 721. The molecule has 6 nitrogen and oxygen atoms in total. The number of rotatable bonds is 3. The average molecular weight is 313 g/mol. The third kappa shape index (κ3) is 3.11. The standard InChI is InChI=1S/C17H19N3O3/c1-19-15(8-9-18-19)16(21)20-10-2-3-14(11-20)12-4-6-13(7-5-12)17(22)23/h4-9,14H,2-3,10-11H2,1H3,(H,22,23). The van der Waals surface area contributed by atoms with Crippen molar-refractivity contribution in [2.24, 2.45) is 7.05 Å². The third-order valence-corrected chi connectivity index (χ3v) is 4.38. The van der Waals surface area contributed by atoms with Crippen LogP contribution < -0.4 is 0 Å². The fourth-order valence-corrected chi connectivity index (χ4v) is 3.08. The van der Waals surface area contributed by atoms with Gasteiger partial charge in [-0.25, -0.2) is 4.79 Å². The molecular weight excluding hydrogens is 294 g/mol. The zero-order chi connectivity index (χ0) is 16.4.